The molecule has 1 rings (SSSR count). The van der Waals surface area contributed by atoms with Crippen LogP contribution in [0.3, 0.4) is 0 Å². The van der Waals surface area contributed by atoms with Gasteiger partial charge >= 0.3 is 0 Å². The third-order valence-corrected chi connectivity index (χ3v) is 3.41. The van der Waals surface area contributed by atoms with Crippen LogP contribution >= 0.6 is 31.9 Å². The highest BCUT2D eigenvalue weighted by molar-refractivity contribution is 9.11. The number of carbonyl (C=O) groups excluding carboxylic acids is 1. The van der Waals surface area contributed by atoms with Crippen LogP contribution in [0.2, 0.25) is 0 Å². The van der Waals surface area contributed by atoms with Crippen LogP contribution in [0.1, 0.15) is 20.8 Å². The Bertz CT molecular complexity index is 376. The summed E-state index contributed by atoms with van der Waals surface area (Å²) in [5.74, 6) is 0.397. The van der Waals surface area contributed by atoms with Crippen molar-refractivity contribution in [2.24, 2.45) is 5.92 Å². The number of hydrogen-bond donors (Lipinski definition) is 1. The third kappa shape index (κ3) is 3.90. The molecule has 0 radical (unpaired) electrons. The average molecular weight is 353 g/mol. The lowest BCUT2D eigenvalue weighted by molar-refractivity contribution is -0.122. The van der Waals surface area contributed by atoms with E-state index in [2.05, 4.69) is 56.1 Å². The van der Waals surface area contributed by atoms with E-state index in [0.29, 0.717) is 10.5 Å². The largest absolute Gasteiger partial charge is 0.352 e. The highest BCUT2D eigenvalue weighted by Crippen LogP contribution is 2.15. The Morgan fingerprint density at radius 3 is 2.56 bits per heavy atom. The van der Waals surface area contributed by atoms with Crippen molar-refractivity contribution in [2.75, 3.05) is 0 Å². The zero-order valence-corrected chi connectivity index (χ0v) is 12.7. The molecule has 4 nitrogen and oxygen atoms in total. The molecule has 1 atom stereocenters. The lowest BCUT2D eigenvalue weighted by Gasteiger charge is -2.17. The van der Waals surface area contributed by atoms with Gasteiger partial charge in [0.05, 0.1) is 0 Å². The minimum atomic E-state index is -0.0301. The summed E-state index contributed by atoms with van der Waals surface area (Å²) in [7, 11) is 0. The summed E-state index contributed by atoms with van der Waals surface area (Å²) in [5, 5.41) is 7.06. The topological polar surface area (TPSA) is 46.9 Å². The molecule has 1 unspecified atom stereocenters. The number of nitrogens with one attached hydrogen (secondary N) is 1. The lowest BCUT2D eigenvalue weighted by Crippen LogP contribution is -2.38. The Labute approximate surface area is 112 Å². The molecule has 0 saturated carbocycles. The van der Waals surface area contributed by atoms with Crippen LogP contribution in [0.15, 0.2) is 15.3 Å². The molecule has 90 valence electrons. The molecule has 1 aromatic heterocycles. The number of nitrogens with zero attached hydrogens (tertiary/aromatic N) is 2. The number of hydrogen-bond acceptors (Lipinski definition) is 2. The average Bonchev–Trinajstić information content (AvgIpc) is 2.44. The van der Waals surface area contributed by atoms with E-state index in [1.807, 2.05) is 6.92 Å². The zero-order valence-electron chi connectivity index (χ0n) is 9.50. The molecule has 0 bridgehead atoms. The first-order chi connectivity index (χ1) is 7.40. The van der Waals surface area contributed by atoms with Crippen molar-refractivity contribution in [1.29, 1.82) is 0 Å². The number of rotatable bonds is 4. The molecular formula is C10H15Br2N3O. The van der Waals surface area contributed by atoms with Gasteiger partial charge in [0, 0.05) is 12.1 Å². The van der Waals surface area contributed by atoms with Gasteiger partial charge in [-0.1, -0.05) is 13.8 Å². The van der Waals surface area contributed by atoms with Gasteiger partial charge in [0.1, 0.15) is 15.8 Å². The van der Waals surface area contributed by atoms with Crippen molar-refractivity contribution in [3.8, 4) is 0 Å². The molecule has 16 heavy (non-hydrogen) atoms. The SMILES string of the molecule is CC(C)C(C)NC(=O)Cn1nc(Br)cc1Br. The Morgan fingerprint density at radius 2 is 2.12 bits per heavy atom. The van der Waals surface area contributed by atoms with Gasteiger partial charge in [-0.2, -0.15) is 5.10 Å². The summed E-state index contributed by atoms with van der Waals surface area (Å²) in [6.45, 7) is 6.37. The second kappa shape index (κ2) is 5.82. The van der Waals surface area contributed by atoms with Gasteiger partial charge in [-0.25, -0.2) is 4.68 Å². The maximum absolute atomic E-state index is 11.7. The second-order valence-electron chi connectivity index (χ2n) is 4.05. The molecular weight excluding hydrogens is 338 g/mol. The van der Waals surface area contributed by atoms with Gasteiger partial charge in [-0.3, -0.25) is 4.79 Å². The highest BCUT2D eigenvalue weighted by atomic mass is 79.9. The first kappa shape index (κ1) is 13.7. The summed E-state index contributed by atoms with van der Waals surface area (Å²) < 4.78 is 3.10. The van der Waals surface area contributed by atoms with Crippen LogP contribution in [-0.2, 0) is 11.3 Å². The number of amides is 1. The van der Waals surface area contributed by atoms with Gasteiger partial charge in [0.2, 0.25) is 5.91 Å². The molecule has 0 aromatic carbocycles. The van der Waals surface area contributed by atoms with Gasteiger partial charge in [-0.05, 0) is 44.7 Å². The van der Waals surface area contributed by atoms with E-state index in [1.54, 1.807) is 10.7 Å². The molecule has 0 aliphatic rings. The monoisotopic (exact) mass is 351 g/mol. The van der Waals surface area contributed by atoms with Crippen LogP contribution < -0.4 is 5.32 Å². The molecule has 0 spiro atoms. The fourth-order valence-corrected chi connectivity index (χ4v) is 2.21. The van der Waals surface area contributed by atoms with Gasteiger partial charge in [-0.15, -0.1) is 0 Å². The summed E-state index contributed by atoms with van der Waals surface area (Å²) in [5.41, 5.74) is 0. The minimum Gasteiger partial charge on any atom is -0.352 e. The fraction of sp³-hybridized carbons (Fsp3) is 0.600. The van der Waals surface area contributed by atoms with E-state index in [1.165, 1.54) is 0 Å². The van der Waals surface area contributed by atoms with Gasteiger partial charge < -0.3 is 5.32 Å². The van der Waals surface area contributed by atoms with E-state index >= 15 is 0 Å². The number of halogens is 2. The molecule has 6 heteroatoms. The summed E-state index contributed by atoms with van der Waals surface area (Å²) in [6, 6.07) is 1.98. The van der Waals surface area contributed by atoms with Gasteiger partial charge in [0.25, 0.3) is 0 Å². The lowest BCUT2D eigenvalue weighted by atomic mass is 10.1. The van der Waals surface area contributed by atoms with E-state index in [0.717, 1.165) is 4.60 Å². The molecule has 0 saturated heterocycles. The molecule has 1 amide bonds. The molecule has 1 N–H and O–H groups in total. The summed E-state index contributed by atoms with van der Waals surface area (Å²) in [6.07, 6.45) is 0. The van der Waals surface area contributed by atoms with Crippen molar-refractivity contribution in [1.82, 2.24) is 15.1 Å². The van der Waals surface area contributed by atoms with E-state index < -0.39 is 0 Å². The first-order valence-corrected chi connectivity index (χ1v) is 6.67. The van der Waals surface area contributed by atoms with Crippen molar-refractivity contribution in [3.05, 3.63) is 15.3 Å². The first-order valence-electron chi connectivity index (χ1n) is 5.08. The van der Waals surface area contributed by atoms with Crippen LogP contribution in [0, 0.1) is 5.92 Å². The molecule has 0 aliphatic heterocycles. The Morgan fingerprint density at radius 1 is 1.50 bits per heavy atom. The zero-order chi connectivity index (χ0) is 12.3. The maximum Gasteiger partial charge on any atom is 0.241 e. The fourth-order valence-electron chi connectivity index (χ4n) is 1.08. The summed E-state index contributed by atoms with van der Waals surface area (Å²) >= 11 is 6.58. The number of carbonyl (C=O) groups is 1. The van der Waals surface area contributed by atoms with Crippen molar-refractivity contribution in [2.45, 2.75) is 33.4 Å². The Hall–Kier alpha value is -0.360. The van der Waals surface area contributed by atoms with Gasteiger partial charge in [0.15, 0.2) is 0 Å². The predicted octanol–water partition coefficient (Wildman–Crippen LogP) is 2.57. The smallest absolute Gasteiger partial charge is 0.241 e. The Balaban J connectivity index is 2.55. The van der Waals surface area contributed by atoms with E-state index in [9.17, 15) is 4.79 Å². The minimum absolute atomic E-state index is 0.0301. The van der Waals surface area contributed by atoms with E-state index in [4.69, 9.17) is 0 Å². The van der Waals surface area contributed by atoms with Crippen LogP contribution in [0.25, 0.3) is 0 Å². The van der Waals surface area contributed by atoms with Crippen LogP contribution in [0.4, 0.5) is 0 Å². The van der Waals surface area contributed by atoms with Crippen LogP contribution in [0.5, 0.6) is 0 Å². The number of aromatic nitrogens is 2. The highest BCUT2D eigenvalue weighted by Gasteiger charge is 2.13. The normalized spacial score (nSPS) is 12.9. The molecule has 0 aliphatic carbocycles. The second-order valence-corrected chi connectivity index (χ2v) is 5.67. The standard InChI is InChI=1S/C10H15Br2N3O/c1-6(2)7(3)13-10(16)5-15-9(12)4-8(11)14-15/h4,6-7H,5H2,1-3H3,(H,13,16). The molecule has 0 fully saturated rings. The summed E-state index contributed by atoms with van der Waals surface area (Å²) in [4.78, 5) is 11.7. The third-order valence-electron chi connectivity index (χ3n) is 2.38. The van der Waals surface area contributed by atoms with Crippen molar-refractivity contribution < 1.29 is 4.79 Å². The van der Waals surface area contributed by atoms with Crippen LogP contribution in [-0.4, -0.2) is 21.7 Å². The van der Waals surface area contributed by atoms with Crippen molar-refractivity contribution in [3.63, 3.8) is 0 Å². The van der Waals surface area contributed by atoms with Crippen molar-refractivity contribution >= 4 is 37.8 Å². The van der Waals surface area contributed by atoms with E-state index in [-0.39, 0.29) is 18.5 Å². The molecule has 1 heterocycles. The predicted molar refractivity (Wildman–Crippen MR) is 70.1 cm³/mol. The molecule has 1 aromatic rings. The quantitative estimate of drug-likeness (QED) is 0.905. The maximum atomic E-state index is 11.7. The Kier molecular flexibility index (Phi) is 4.98.